The molecule has 30 heavy (non-hydrogen) atoms. The van der Waals surface area contributed by atoms with Gasteiger partial charge in [-0.1, -0.05) is 6.07 Å². The van der Waals surface area contributed by atoms with Crippen molar-refractivity contribution in [1.82, 2.24) is 4.98 Å². The van der Waals surface area contributed by atoms with Crippen molar-refractivity contribution >= 4 is 11.6 Å². The molecule has 0 spiro atoms. The highest BCUT2D eigenvalue weighted by atomic mass is 16.7. The Morgan fingerprint density at radius 1 is 1.00 bits per heavy atom. The minimum Gasteiger partial charge on any atom is -0.493 e. The second-order valence-electron chi connectivity index (χ2n) is 6.75. The maximum atomic E-state index is 12.4. The lowest BCUT2D eigenvalue weighted by Gasteiger charge is -2.13. The van der Waals surface area contributed by atoms with E-state index in [1.165, 1.54) is 0 Å². The molecule has 154 valence electrons. The van der Waals surface area contributed by atoms with Gasteiger partial charge in [0.25, 0.3) is 0 Å². The minimum absolute atomic E-state index is 0.0853. The van der Waals surface area contributed by atoms with Crippen LogP contribution in [-0.2, 0) is 17.8 Å². The molecule has 0 saturated heterocycles. The van der Waals surface area contributed by atoms with Crippen LogP contribution in [0.5, 0.6) is 23.0 Å². The smallest absolute Gasteiger partial charge is 0.231 e. The number of amides is 1. The zero-order valence-electron chi connectivity index (χ0n) is 16.6. The third-order valence-electron chi connectivity index (χ3n) is 4.67. The Bertz CT molecular complexity index is 1020. The molecule has 3 aromatic rings. The van der Waals surface area contributed by atoms with Gasteiger partial charge in [-0.05, 0) is 53.9 Å². The molecule has 1 aromatic heterocycles. The van der Waals surface area contributed by atoms with Crippen molar-refractivity contribution in [1.29, 1.82) is 0 Å². The lowest BCUT2D eigenvalue weighted by Crippen LogP contribution is -2.12. The Morgan fingerprint density at radius 3 is 2.67 bits per heavy atom. The summed E-state index contributed by atoms with van der Waals surface area (Å²) in [6.45, 7) is 0.614. The molecule has 2 heterocycles. The van der Waals surface area contributed by atoms with Crippen LogP contribution < -0.4 is 24.3 Å². The Labute approximate surface area is 174 Å². The quantitative estimate of drug-likeness (QED) is 0.610. The second kappa shape index (κ2) is 9.17. The molecule has 1 aliphatic rings. The molecule has 4 rings (SSSR count). The number of anilines is 1. The summed E-state index contributed by atoms with van der Waals surface area (Å²) in [5.41, 5.74) is 2.66. The predicted molar refractivity (Wildman–Crippen MR) is 111 cm³/mol. The SMILES string of the molecule is COc1ccc(NC(=O)CCc2ccc3c(c2)OCO3)cc1OCc1ccncc1. The van der Waals surface area contributed by atoms with E-state index in [0.717, 1.165) is 22.6 Å². The molecule has 0 aliphatic carbocycles. The van der Waals surface area contributed by atoms with E-state index in [1.807, 2.05) is 30.3 Å². The topological polar surface area (TPSA) is 78.9 Å². The highest BCUT2D eigenvalue weighted by molar-refractivity contribution is 5.91. The minimum atomic E-state index is -0.0853. The first-order valence-electron chi connectivity index (χ1n) is 9.59. The molecule has 0 saturated carbocycles. The van der Waals surface area contributed by atoms with Gasteiger partial charge in [0.2, 0.25) is 12.7 Å². The zero-order chi connectivity index (χ0) is 20.8. The molecule has 0 fully saturated rings. The number of nitrogens with one attached hydrogen (secondary N) is 1. The molecule has 2 aromatic carbocycles. The number of aromatic nitrogens is 1. The summed E-state index contributed by atoms with van der Waals surface area (Å²) in [5, 5.41) is 2.91. The van der Waals surface area contributed by atoms with Crippen LogP contribution >= 0.6 is 0 Å². The Kier molecular flexibility index (Phi) is 5.98. The third-order valence-corrected chi connectivity index (χ3v) is 4.67. The first kappa shape index (κ1) is 19.6. The van der Waals surface area contributed by atoms with Gasteiger partial charge in [0.15, 0.2) is 23.0 Å². The van der Waals surface area contributed by atoms with Crippen molar-refractivity contribution in [3.63, 3.8) is 0 Å². The van der Waals surface area contributed by atoms with Gasteiger partial charge in [0.1, 0.15) is 6.61 Å². The van der Waals surface area contributed by atoms with Crippen LogP contribution in [0.1, 0.15) is 17.5 Å². The standard InChI is InChI=1S/C23H22N2O5/c1-27-19-6-4-18(13-22(19)28-14-17-8-10-24-11-9-17)25-23(26)7-3-16-2-5-20-21(12-16)30-15-29-20/h2,4-6,8-13H,3,7,14-15H2,1H3,(H,25,26). The van der Waals surface area contributed by atoms with Crippen LogP contribution in [0.25, 0.3) is 0 Å². The number of aryl methyl sites for hydroxylation is 1. The number of hydrogen-bond donors (Lipinski definition) is 1. The van der Waals surface area contributed by atoms with E-state index in [9.17, 15) is 4.79 Å². The highest BCUT2D eigenvalue weighted by Gasteiger charge is 2.14. The molecule has 0 unspecified atom stereocenters. The van der Waals surface area contributed by atoms with Gasteiger partial charge in [-0.2, -0.15) is 0 Å². The van der Waals surface area contributed by atoms with E-state index in [4.69, 9.17) is 18.9 Å². The van der Waals surface area contributed by atoms with Crippen molar-refractivity contribution < 1.29 is 23.7 Å². The van der Waals surface area contributed by atoms with E-state index >= 15 is 0 Å². The summed E-state index contributed by atoms with van der Waals surface area (Å²) in [4.78, 5) is 16.4. The van der Waals surface area contributed by atoms with Gasteiger partial charge < -0.3 is 24.3 Å². The Morgan fingerprint density at radius 2 is 1.83 bits per heavy atom. The van der Waals surface area contributed by atoms with Gasteiger partial charge in [-0.3, -0.25) is 9.78 Å². The number of ether oxygens (including phenoxy) is 4. The third kappa shape index (κ3) is 4.81. The molecule has 0 bridgehead atoms. The summed E-state index contributed by atoms with van der Waals surface area (Å²) in [6.07, 6.45) is 4.38. The van der Waals surface area contributed by atoms with Gasteiger partial charge in [0, 0.05) is 30.6 Å². The van der Waals surface area contributed by atoms with Crippen molar-refractivity contribution in [2.24, 2.45) is 0 Å². The first-order chi connectivity index (χ1) is 14.7. The number of nitrogens with zero attached hydrogens (tertiary/aromatic N) is 1. The van der Waals surface area contributed by atoms with E-state index in [-0.39, 0.29) is 12.7 Å². The summed E-state index contributed by atoms with van der Waals surface area (Å²) in [7, 11) is 1.58. The fraction of sp³-hybridized carbons (Fsp3) is 0.217. The maximum absolute atomic E-state index is 12.4. The number of fused-ring (bicyclic) bond motifs is 1. The number of pyridine rings is 1. The van der Waals surface area contributed by atoms with E-state index < -0.39 is 0 Å². The predicted octanol–water partition coefficient (Wildman–Crippen LogP) is 3.97. The average molecular weight is 406 g/mol. The molecule has 0 atom stereocenters. The van der Waals surface area contributed by atoms with Gasteiger partial charge in [-0.25, -0.2) is 0 Å². The van der Waals surface area contributed by atoms with E-state index in [1.54, 1.807) is 37.7 Å². The van der Waals surface area contributed by atoms with Gasteiger partial charge >= 0.3 is 0 Å². The maximum Gasteiger partial charge on any atom is 0.231 e. The molecule has 7 nitrogen and oxygen atoms in total. The summed E-state index contributed by atoms with van der Waals surface area (Å²) < 4.78 is 21.9. The number of methoxy groups -OCH3 is 1. The number of carbonyl (C=O) groups excluding carboxylic acids is 1. The van der Waals surface area contributed by atoms with Crippen molar-refractivity contribution in [3.05, 3.63) is 72.1 Å². The Balaban J connectivity index is 1.35. The summed E-state index contributed by atoms with van der Waals surface area (Å²) in [5.74, 6) is 2.53. The molecule has 7 heteroatoms. The summed E-state index contributed by atoms with van der Waals surface area (Å²) >= 11 is 0. The molecule has 1 N–H and O–H groups in total. The van der Waals surface area contributed by atoms with Gasteiger partial charge in [-0.15, -0.1) is 0 Å². The monoisotopic (exact) mass is 406 g/mol. The summed E-state index contributed by atoms with van der Waals surface area (Å²) in [6, 6.07) is 14.8. The van der Waals surface area contributed by atoms with Crippen molar-refractivity contribution in [2.45, 2.75) is 19.4 Å². The fourth-order valence-corrected chi connectivity index (χ4v) is 3.09. The number of benzene rings is 2. The van der Waals surface area contributed by atoms with Crippen molar-refractivity contribution in [3.8, 4) is 23.0 Å². The molecular weight excluding hydrogens is 384 g/mol. The first-order valence-corrected chi connectivity index (χ1v) is 9.59. The highest BCUT2D eigenvalue weighted by Crippen LogP contribution is 2.33. The van der Waals surface area contributed by atoms with Crippen LogP contribution in [0.15, 0.2) is 60.9 Å². The molecule has 1 aliphatic heterocycles. The molecule has 1 amide bonds. The van der Waals surface area contributed by atoms with Crippen LogP contribution in [0.4, 0.5) is 5.69 Å². The lowest BCUT2D eigenvalue weighted by atomic mass is 10.1. The van der Waals surface area contributed by atoms with Crippen LogP contribution in [-0.4, -0.2) is 24.8 Å². The van der Waals surface area contributed by atoms with Crippen molar-refractivity contribution in [2.75, 3.05) is 19.2 Å². The fourth-order valence-electron chi connectivity index (χ4n) is 3.09. The number of rotatable bonds is 8. The van der Waals surface area contributed by atoms with Crippen LogP contribution in [0.2, 0.25) is 0 Å². The van der Waals surface area contributed by atoms with E-state index in [2.05, 4.69) is 10.3 Å². The lowest BCUT2D eigenvalue weighted by molar-refractivity contribution is -0.116. The van der Waals surface area contributed by atoms with Gasteiger partial charge in [0.05, 0.1) is 7.11 Å². The number of carbonyl (C=O) groups is 1. The second-order valence-corrected chi connectivity index (χ2v) is 6.75. The molecular formula is C23H22N2O5. The molecule has 0 radical (unpaired) electrons. The largest absolute Gasteiger partial charge is 0.493 e. The van der Waals surface area contributed by atoms with E-state index in [0.29, 0.717) is 36.6 Å². The Hall–Kier alpha value is -3.74. The normalized spacial score (nSPS) is 11.8. The van der Waals surface area contributed by atoms with Crippen LogP contribution in [0, 0.1) is 0 Å². The van der Waals surface area contributed by atoms with Crippen LogP contribution in [0.3, 0.4) is 0 Å². The average Bonchev–Trinajstić information content (AvgIpc) is 3.25. The number of hydrogen-bond acceptors (Lipinski definition) is 6. The zero-order valence-corrected chi connectivity index (χ0v) is 16.6.